The van der Waals surface area contributed by atoms with Crippen molar-refractivity contribution in [1.29, 1.82) is 0 Å². The number of rotatable bonds is 7. The Bertz CT molecular complexity index is 1240. The average Bonchev–Trinajstić information content (AvgIpc) is 3.28. The smallest absolute Gasteiger partial charge is 0.413 e. The topological polar surface area (TPSA) is 97.4 Å². The molecule has 0 unspecified atom stereocenters. The van der Waals surface area contributed by atoms with Gasteiger partial charge in [0.2, 0.25) is 5.91 Å². The minimum atomic E-state index is -0.937. The molecule has 0 radical (unpaired) electrons. The fraction of sp³-hybridized carbons (Fsp3) is 0.346. The van der Waals surface area contributed by atoms with Crippen LogP contribution in [0.5, 0.6) is 0 Å². The number of hydrogen-bond donors (Lipinski definition) is 1. The summed E-state index contributed by atoms with van der Waals surface area (Å²) in [5.74, 6) is -1.42. The van der Waals surface area contributed by atoms with E-state index in [0.29, 0.717) is 41.1 Å². The number of anilines is 2. The Kier molecular flexibility index (Phi) is 9.22. The summed E-state index contributed by atoms with van der Waals surface area (Å²) in [6.45, 7) is 3.05. The molecule has 2 aliphatic rings. The van der Waals surface area contributed by atoms with Crippen molar-refractivity contribution >= 4 is 58.6 Å². The number of amides is 3. The normalized spacial score (nSPS) is 19.7. The fourth-order valence-corrected chi connectivity index (χ4v) is 4.48. The third-order valence-electron chi connectivity index (χ3n) is 5.99. The molecule has 2 aromatic carbocycles. The molecule has 2 atom stereocenters. The number of nitrogens with one attached hydrogen (secondary N) is 1. The standard InChI is InChI=1S/C26H26Cl2FN3O6/c1-2-37-18-13-25(32(14-18)23(33)8-4-16-3-6-19(27)20(28)11-16)38-26(35)30-22-7-5-17(12-21(22)29)31-9-10-36-15-24(31)34/h3-8,11-12,18,25H,2,9-10,13-15H2,1H3,(H,30,35)/t18-,25-/m1/s1. The van der Waals surface area contributed by atoms with E-state index in [1.165, 1.54) is 28.0 Å². The predicted molar refractivity (Wildman–Crippen MR) is 141 cm³/mol. The minimum Gasteiger partial charge on any atom is -0.425 e. The van der Waals surface area contributed by atoms with Gasteiger partial charge in [-0.25, -0.2) is 9.18 Å². The Morgan fingerprint density at radius 3 is 2.74 bits per heavy atom. The maximum Gasteiger partial charge on any atom is 0.413 e. The van der Waals surface area contributed by atoms with Crippen molar-refractivity contribution in [2.24, 2.45) is 0 Å². The molecule has 0 bridgehead atoms. The second-order valence-electron chi connectivity index (χ2n) is 8.56. The highest BCUT2D eigenvalue weighted by Gasteiger charge is 2.37. The van der Waals surface area contributed by atoms with Gasteiger partial charge in [-0.3, -0.25) is 14.9 Å². The molecule has 4 rings (SSSR count). The number of carbonyl (C=O) groups excluding carboxylic acids is 3. The first-order chi connectivity index (χ1) is 18.2. The lowest BCUT2D eigenvalue weighted by Crippen LogP contribution is -2.41. The van der Waals surface area contributed by atoms with Crippen molar-refractivity contribution in [3.63, 3.8) is 0 Å². The van der Waals surface area contributed by atoms with E-state index in [1.54, 1.807) is 24.3 Å². The number of hydrogen-bond acceptors (Lipinski definition) is 6. The minimum absolute atomic E-state index is 0.0735. The lowest BCUT2D eigenvalue weighted by atomic mass is 10.2. The molecule has 1 N–H and O–H groups in total. The van der Waals surface area contributed by atoms with E-state index >= 15 is 0 Å². The van der Waals surface area contributed by atoms with Crippen molar-refractivity contribution in [1.82, 2.24) is 4.90 Å². The van der Waals surface area contributed by atoms with Crippen LogP contribution in [0.15, 0.2) is 42.5 Å². The van der Waals surface area contributed by atoms with E-state index in [1.807, 2.05) is 6.92 Å². The van der Waals surface area contributed by atoms with Gasteiger partial charge in [0.1, 0.15) is 12.4 Å². The van der Waals surface area contributed by atoms with Crippen molar-refractivity contribution < 1.29 is 33.0 Å². The zero-order valence-electron chi connectivity index (χ0n) is 20.5. The molecule has 9 nitrogen and oxygen atoms in total. The Morgan fingerprint density at radius 1 is 1.21 bits per heavy atom. The number of halogens is 3. The summed E-state index contributed by atoms with van der Waals surface area (Å²) in [6.07, 6.45) is 0.980. The first kappa shape index (κ1) is 27.8. The van der Waals surface area contributed by atoms with Crippen LogP contribution >= 0.6 is 23.2 Å². The molecular weight excluding hydrogens is 540 g/mol. The van der Waals surface area contributed by atoms with Gasteiger partial charge in [0.15, 0.2) is 6.23 Å². The molecule has 3 amide bonds. The second-order valence-corrected chi connectivity index (χ2v) is 9.37. The molecular formula is C26H26Cl2FN3O6. The lowest BCUT2D eigenvalue weighted by Gasteiger charge is -2.27. The maximum absolute atomic E-state index is 14.7. The highest BCUT2D eigenvalue weighted by atomic mass is 35.5. The molecule has 2 heterocycles. The monoisotopic (exact) mass is 565 g/mol. The van der Waals surface area contributed by atoms with E-state index in [-0.39, 0.29) is 37.3 Å². The summed E-state index contributed by atoms with van der Waals surface area (Å²) in [5.41, 5.74) is 0.896. The van der Waals surface area contributed by atoms with Crippen LogP contribution in [-0.2, 0) is 23.8 Å². The average molecular weight is 566 g/mol. The number of benzene rings is 2. The van der Waals surface area contributed by atoms with Crippen LogP contribution < -0.4 is 10.2 Å². The van der Waals surface area contributed by atoms with Crippen LogP contribution in [0.4, 0.5) is 20.6 Å². The molecule has 202 valence electrons. The Balaban J connectivity index is 1.41. The lowest BCUT2D eigenvalue weighted by molar-refractivity contribution is -0.132. The van der Waals surface area contributed by atoms with Crippen LogP contribution in [0.3, 0.4) is 0 Å². The Labute approximate surface area is 229 Å². The van der Waals surface area contributed by atoms with Crippen LogP contribution in [-0.4, -0.2) is 68.0 Å². The van der Waals surface area contributed by atoms with Gasteiger partial charge in [0.25, 0.3) is 5.91 Å². The highest BCUT2D eigenvalue weighted by Crippen LogP contribution is 2.27. The summed E-state index contributed by atoms with van der Waals surface area (Å²) >= 11 is 12.0. The van der Waals surface area contributed by atoms with Gasteiger partial charge in [-0.1, -0.05) is 29.3 Å². The first-order valence-corrected chi connectivity index (χ1v) is 12.7. The summed E-state index contributed by atoms with van der Waals surface area (Å²) in [4.78, 5) is 40.4. The molecule has 0 spiro atoms. The van der Waals surface area contributed by atoms with Gasteiger partial charge >= 0.3 is 6.09 Å². The van der Waals surface area contributed by atoms with Crippen LogP contribution in [0.25, 0.3) is 6.08 Å². The summed E-state index contributed by atoms with van der Waals surface area (Å²) in [6, 6.07) is 8.97. The molecule has 2 fully saturated rings. The number of carbonyl (C=O) groups is 3. The molecule has 38 heavy (non-hydrogen) atoms. The van der Waals surface area contributed by atoms with E-state index in [2.05, 4.69) is 5.32 Å². The van der Waals surface area contributed by atoms with E-state index in [4.69, 9.17) is 37.4 Å². The molecule has 0 aromatic heterocycles. The van der Waals surface area contributed by atoms with Crippen molar-refractivity contribution in [2.45, 2.75) is 25.7 Å². The number of likely N-dealkylation sites (tertiary alicyclic amines) is 1. The first-order valence-electron chi connectivity index (χ1n) is 12.0. The number of nitrogens with zero attached hydrogens (tertiary/aromatic N) is 2. The van der Waals surface area contributed by atoms with Crippen molar-refractivity contribution in [3.8, 4) is 0 Å². The van der Waals surface area contributed by atoms with E-state index < -0.39 is 24.0 Å². The summed E-state index contributed by atoms with van der Waals surface area (Å²) in [7, 11) is 0. The van der Waals surface area contributed by atoms with Gasteiger partial charge < -0.3 is 24.0 Å². The predicted octanol–water partition coefficient (Wildman–Crippen LogP) is 4.72. The number of morpholine rings is 1. The highest BCUT2D eigenvalue weighted by molar-refractivity contribution is 6.42. The fourth-order valence-electron chi connectivity index (χ4n) is 4.17. The quantitative estimate of drug-likeness (QED) is 0.488. The van der Waals surface area contributed by atoms with Crippen LogP contribution in [0.2, 0.25) is 10.0 Å². The summed E-state index contributed by atoms with van der Waals surface area (Å²) in [5, 5.41) is 3.12. The largest absolute Gasteiger partial charge is 0.425 e. The zero-order chi connectivity index (χ0) is 27.2. The van der Waals surface area contributed by atoms with E-state index in [0.717, 1.165) is 6.07 Å². The van der Waals surface area contributed by atoms with Gasteiger partial charge in [0.05, 0.1) is 35.0 Å². The molecule has 12 heteroatoms. The van der Waals surface area contributed by atoms with E-state index in [9.17, 15) is 18.8 Å². The number of ether oxygens (including phenoxy) is 3. The van der Waals surface area contributed by atoms with Gasteiger partial charge in [0, 0.05) is 31.3 Å². The molecule has 2 aliphatic heterocycles. The van der Waals surface area contributed by atoms with Gasteiger partial charge in [-0.05, 0) is 48.9 Å². The van der Waals surface area contributed by atoms with Crippen molar-refractivity contribution in [3.05, 3.63) is 63.9 Å². The third-order valence-corrected chi connectivity index (χ3v) is 6.73. The van der Waals surface area contributed by atoms with Gasteiger partial charge in [-0.2, -0.15) is 0 Å². The van der Waals surface area contributed by atoms with Crippen molar-refractivity contribution in [2.75, 3.05) is 43.1 Å². The molecule has 2 aromatic rings. The second kappa shape index (κ2) is 12.6. The molecule has 0 aliphatic carbocycles. The molecule has 2 saturated heterocycles. The summed E-state index contributed by atoms with van der Waals surface area (Å²) < 4.78 is 31.0. The SMILES string of the molecule is CCO[C@@H]1C[C@@H](OC(=O)Nc2ccc(N3CCOCC3=O)cc2F)N(C(=O)C=Cc2ccc(Cl)c(Cl)c2)C1. The van der Waals surface area contributed by atoms with Crippen LogP contribution in [0, 0.1) is 5.82 Å². The van der Waals surface area contributed by atoms with Crippen LogP contribution in [0.1, 0.15) is 18.9 Å². The zero-order valence-corrected chi connectivity index (χ0v) is 22.0. The molecule has 0 saturated carbocycles. The van der Waals surface area contributed by atoms with Gasteiger partial charge in [-0.15, -0.1) is 0 Å². The maximum atomic E-state index is 14.7. The Hall–Kier alpha value is -3.18. The third kappa shape index (κ3) is 6.82. The Morgan fingerprint density at radius 2 is 2.03 bits per heavy atom.